The molecule has 0 saturated heterocycles. The molecule has 3 unspecified atom stereocenters. The number of nitrogens with one attached hydrogen (secondary N) is 1. The van der Waals surface area contributed by atoms with Crippen LogP contribution in [0, 0.1) is 0 Å². The molecule has 0 aliphatic rings. The Labute approximate surface area is 335 Å². The standard InChI is InChI=1S/C45H93N2O6P/c1-3-5-7-9-11-13-15-17-19-21-23-24-26-28-30-32-34-36-38-44(48)43(42-53-54(50,51)52-41-40-46)47-45(49)39-37-35-33-31-29-27-25-22-20-18-16-14-12-10-8-6-4-2/h43-44,48H,3-42,46H2,1-2H3,(H,47,49)(H,50,51). The molecule has 324 valence electrons. The third kappa shape index (κ3) is 39.7. The minimum absolute atomic E-state index is 0.0927. The zero-order valence-corrected chi connectivity index (χ0v) is 36.9. The monoisotopic (exact) mass is 789 g/mol. The van der Waals surface area contributed by atoms with E-state index in [1.807, 2.05) is 0 Å². The molecule has 0 heterocycles. The van der Waals surface area contributed by atoms with Crippen LogP contribution in [0.25, 0.3) is 0 Å². The van der Waals surface area contributed by atoms with Gasteiger partial charge in [0.2, 0.25) is 5.91 Å². The predicted molar refractivity (Wildman–Crippen MR) is 231 cm³/mol. The van der Waals surface area contributed by atoms with Gasteiger partial charge >= 0.3 is 7.82 Å². The average molecular weight is 789 g/mol. The molecule has 5 N–H and O–H groups in total. The lowest BCUT2D eigenvalue weighted by molar-refractivity contribution is -0.123. The van der Waals surface area contributed by atoms with Crippen LogP contribution < -0.4 is 11.1 Å². The van der Waals surface area contributed by atoms with Crippen molar-refractivity contribution in [3.05, 3.63) is 0 Å². The first-order valence-electron chi connectivity index (χ1n) is 23.7. The Morgan fingerprint density at radius 1 is 0.537 bits per heavy atom. The van der Waals surface area contributed by atoms with Crippen molar-refractivity contribution in [2.24, 2.45) is 5.73 Å². The van der Waals surface area contributed by atoms with Crippen LogP contribution in [0.2, 0.25) is 0 Å². The summed E-state index contributed by atoms with van der Waals surface area (Å²) in [7, 11) is -4.31. The van der Waals surface area contributed by atoms with Crippen LogP contribution in [-0.2, 0) is 18.4 Å². The summed E-state index contributed by atoms with van der Waals surface area (Å²) in [5, 5.41) is 13.8. The van der Waals surface area contributed by atoms with E-state index in [1.165, 1.54) is 186 Å². The largest absolute Gasteiger partial charge is 0.472 e. The first-order chi connectivity index (χ1) is 26.4. The van der Waals surface area contributed by atoms with Crippen LogP contribution in [0.3, 0.4) is 0 Å². The van der Waals surface area contributed by atoms with Crippen molar-refractivity contribution in [2.45, 2.75) is 264 Å². The molecule has 0 saturated carbocycles. The number of aliphatic hydroxyl groups is 1. The van der Waals surface area contributed by atoms with E-state index in [0.29, 0.717) is 12.8 Å². The zero-order valence-electron chi connectivity index (χ0n) is 36.0. The number of carbonyl (C=O) groups excluding carboxylic acids is 1. The Hall–Kier alpha value is -0.500. The molecule has 8 nitrogen and oxygen atoms in total. The number of hydrogen-bond donors (Lipinski definition) is 4. The van der Waals surface area contributed by atoms with E-state index in [0.717, 1.165) is 38.5 Å². The number of unbranched alkanes of at least 4 members (excludes halogenated alkanes) is 33. The first-order valence-corrected chi connectivity index (χ1v) is 25.1. The highest BCUT2D eigenvalue weighted by Gasteiger charge is 2.27. The van der Waals surface area contributed by atoms with Crippen molar-refractivity contribution in [2.75, 3.05) is 19.8 Å². The minimum Gasteiger partial charge on any atom is -0.391 e. The third-order valence-corrected chi connectivity index (χ3v) is 11.9. The van der Waals surface area contributed by atoms with Crippen LogP contribution in [0.1, 0.15) is 251 Å². The summed E-state index contributed by atoms with van der Waals surface area (Å²) in [5.74, 6) is -0.155. The normalized spacial score (nSPS) is 13.9. The number of hydrogen-bond acceptors (Lipinski definition) is 6. The van der Waals surface area contributed by atoms with Crippen LogP contribution in [-0.4, -0.2) is 47.8 Å². The summed E-state index contributed by atoms with van der Waals surface area (Å²) in [5.41, 5.74) is 5.39. The summed E-state index contributed by atoms with van der Waals surface area (Å²) in [6.07, 6.45) is 45.4. The lowest BCUT2D eigenvalue weighted by atomic mass is 10.0. The Kier molecular flexibility index (Phi) is 41.7. The second kappa shape index (κ2) is 42.1. The highest BCUT2D eigenvalue weighted by atomic mass is 31.2. The Bertz CT molecular complexity index is 819. The van der Waals surface area contributed by atoms with Gasteiger partial charge in [-0.25, -0.2) is 4.57 Å². The number of aliphatic hydroxyl groups excluding tert-OH is 1. The summed E-state index contributed by atoms with van der Waals surface area (Å²) in [6.45, 7) is 4.25. The van der Waals surface area contributed by atoms with Crippen LogP contribution >= 0.6 is 7.82 Å². The number of phosphoric ester groups is 1. The Balaban J connectivity index is 4.07. The van der Waals surface area contributed by atoms with E-state index in [4.69, 9.17) is 14.8 Å². The smallest absolute Gasteiger partial charge is 0.391 e. The third-order valence-electron chi connectivity index (χ3n) is 11.0. The number of amides is 1. The second-order valence-electron chi connectivity index (χ2n) is 16.3. The molecule has 9 heteroatoms. The van der Waals surface area contributed by atoms with Crippen LogP contribution in [0.4, 0.5) is 0 Å². The molecule has 54 heavy (non-hydrogen) atoms. The maximum atomic E-state index is 12.8. The van der Waals surface area contributed by atoms with Crippen LogP contribution in [0.5, 0.6) is 0 Å². The number of nitrogens with two attached hydrogens (primary N) is 1. The molecular weight excluding hydrogens is 695 g/mol. The fraction of sp³-hybridized carbons (Fsp3) is 0.978. The predicted octanol–water partition coefficient (Wildman–Crippen LogP) is 13.4. The van der Waals surface area contributed by atoms with E-state index >= 15 is 0 Å². The van der Waals surface area contributed by atoms with Gasteiger partial charge in [-0.05, 0) is 12.8 Å². The molecule has 0 fully saturated rings. The molecule has 0 aromatic carbocycles. The SMILES string of the molecule is CCCCCCCCCCCCCCCCCCCCC(O)C(COP(=O)(O)OCCN)NC(=O)CCCCCCCCCCCCCCCCCCC. The van der Waals surface area contributed by atoms with E-state index in [2.05, 4.69) is 19.2 Å². The van der Waals surface area contributed by atoms with Crippen molar-refractivity contribution in [3.63, 3.8) is 0 Å². The molecule has 0 bridgehead atoms. The summed E-state index contributed by atoms with van der Waals surface area (Å²) >= 11 is 0. The number of carbonyl (C=O) groups is 1. The highest BCUT2D eigenvalue weighted by Crippen LogP contribution is 2.43. The lowest BCUT2D eigenvalue weighted by Gasteiger charge is -2.25. The zero-order chi connectivity index (χ0) is 39.6. The Morgan fingerprint density at radius 2 is 0.852 bits per heavy atom. The number of rotatable bonds is 45. The van der Waals surface area contributed by atoms with E-state index < -0.39 is 20.0 Å². The van der Waals surface area contributed by atoms with E-state index in [-0.39, 0.29) is 25.7 Å². The maximum Gasteiger partial charge on any atom is 0.472 e. The van der Waals surface area contributed by atoms with Gasteiger partial charge in [0, 0.05) is 13.0 Å². The van der Waals surface area contributed by atoms with Gasteiger partial charge in [-0.15, -0.1) is 0 Å². The molecule has 3 atom stereocenters. The van der Waals surface area contributed by atoms with Gasteiger partial charge in [-0.3, -0.25) is 13.8 Å². The summed E-state index contributed by atoms with van der Waals surface area (Å²) < 4.78 is 22.2. The lowest BCUT2D eigenvalue weighted by Crippen LogP contribution is -2.46. The van der Waals surface area contributed by atoms with Crippen molar-refractivity contribution in [1.82, 2.24) is 5.32 Å². The van der Waals surface area contributed by atoms with Crippen molar-refractivity contribution in [3.8, 4) is 0 Å². The maximum absolute atomic E-state index is 12.8. The van der Waals surface area contributed by atoms with E-state index in [1.54, 1.807) is 0 Å². The molecule has 0 aliphatic heterocycles. The quantitative estimate of drug-likeness (QED) is 0.0357. The molecule has 0 radical (unpaired) electrons. The molecule has 0 spiro atoms. The van der Waals surface area contributed by atoms with Gasteiger partial charge in [-0.2, -0.15) is 0 Å². The minimum atomic E-state index is -4.31. The van der Waals surface area contributed by atoms with Gasteiger partial charge in [0.25, 0.3) is 0 Å². The number of phosphoric acid groups is 1. The average Bonchev–Trinajstić information content (AvgIpc) is 3.16. The van der Waals surface area contributed by atoms with Crippen molar-refractivity contribution >= 4 is 13.7 Å². The topological polar surface area (TPSA) is 131 Å². The van der Waals surface area contributed by atoms with Crippen molar-refractivity contribution < 1.29 is 28.4 Å². The van der Waals surface area contributed by atoms with Crippen LogP contribution in [0.15, 0.2) is 0 Å². The summed E-state index contributed by atoms with van der Waals surface area (Å²) in [6, 6.07) is -0.768. The first kappa shape index (κ1) is 53.5. The second-order valence-corrected chi connectivity index (χ2v) is 17.8. The van der Waals surface area contributed by atoms with E-state index in [9.17, 15) is 19.4 Å². The summed E-state index contributed by atoms with van der Waals surface area (Å²) in [4.78, 5) is 22.8. The molecule has 0 aromatic rings. The van der Waals surface area contributed by atoms with Gasteiger partial charge in [0.15, 0.2) is 0 Å². The molecule has 1 amide bonds. The van der Waals surface area contributed by atoms with Gasteiger partial charge in [0.1, 0.15) is 0 Å². The van der Waals surface area contributed by atoms with Gasteiger partial charge in [0.05, 0.1) is 25.4 Å². The molecule has 0 aliphatic carbocycles. The van der Waals surface area contributed by atoms with Gasteiger partial charge < -0.3 is 21.1 Å². The molecule has 0 rings (SSSR count). The van der Waals surface area contributed by atoms with Gasteiger partial charge in [-0.1, -0.05) is 232 Å². The fourth-order valence-corrected chi connectivity index (χ4v) is 8.13. The Morgan fingerprint density at radius 3 is 1.19 bits per heavy atom. The molecule has 0 aromatic heterocycles. The highest BCUT2D eigenvalue weighted by molar-refractivity contribution is 7.47. The molecular formula is C45H93N2O6P. The fourth-order valence-electron chi connectivity index (χ4n) is 7.37. The van der Waals surface area contributed by atoms with Crippen molar-refractivity contribution in [1.29, 1.82) is 0 Å².